The molecule has 0 aromatic heterocycles. The van der Waals surface area contributed by atoms with E-state index in [1.54, 1.807) is 0 Å². The van der Waals surface area contributed by atoms with Crippen LogP contribution in [0.5, 0.6) is 5.75 Å². The van der Waals surface area contributed by atoms with Crippen molar-refractivity contribution in [2.45, 2.75) is 31.7 Å². The van der Waals surface area contributed by atoms with Crippen LogP contribution in [0.1, 0.15) is 25.7 Å². The summed E-state index contributed by atoms with van der Waals surface area (Å²) >= 11 is 0. The predicted molar refractivity (Wildman–Crippen MR) is 113 cm³/mol. The Morgan fingerprint density at radius 3 is 2.39 bits per heavy atom. The summed E-state index contributed by atoms with van der Waals surface area (Å²) in [5, 5.41) is 3.11. The molecule has 2 saturated heterocycles. The van der Waals surface area contributed by atoms with Gasteiger partial charge in [-0.2, -0.15) is 0 Å². The van der Waals surface area contributed by atoms with E-state index in [-0.39, 0.29) is 6.03 Å². The number of hydrogen-bond donors (Lipinski definition) is 1. The number of hydrogen-bond acceptors (Lipinski definition) is 4. The molecule has 3 rings (SSSR count). The first-order chi connectivity index (χ1) is 13.6. The minimum absolute atomic E-state index is 0.0885. The molecule has 6 heteroatoms. The number of nitrogens with one attached hydrogen (secondary N) is 1. The molecule has 1 aromatic rings. The number of benzene rings is 1. The quantitative estimate of drug-likeness (QED) is 0.780. The first kappa shape index (κ1) is 20.9. The minimum Gasteiger partial charge on any atom is -0.493 e. The Balaban J connectivity index is 1.27. The monoisotopic (exact) mass is 388 g/mol. The van der Waals surface area contributed by atoms with Gasteiger partial charge in [-0.25, -0.2) is 4.79 Å². The second kappa shape index (κ2) is 10.7. The van der Waals surface area contributed by atoms with Crippen LogP contribution in [0.25, 0.3) is 0 Å². The van der Waals surface area contributed by atoms with Crippen LogP contribution in [-0.4, -0.2) is 86.7 Å². The number of urea groups is 1. The maximum absolute atomic E-state index is 12.4. The minimum atomic E-state index is 0.0885. The normalized spacial score (nSPS) is 19.8. The van der Waals surface area contributed by atoms with Crippen LogP contribution in [-0.2, 0) is 0 Å². The smallest absolute Gasteiger partial charge is 0.317 e. The van der Waals surface area contributed by atoms with Gasteiger partial charge in [-0.3, -0.25) is 0 Å². The predicted octanol–water partition coefficient (Wildman–Crippen LogP) is 2.51. The van der Waals surface area contributed by atoms with Gasteiger partial charge in [0.25, 0.3) is 0 Å². The Kier molecular flexibility index (Phi) is 7.98. The number of carbonyl (C=O) groups excluding carboxylic acids is 1. The van der Waals surface area contributed by atoms with Gasteiger partial charge in [0.1, 0.15) is 5.75 Å². The molecule has 0 saturated carbocycles. The lowest BCUT2D eigenvalue weighted by atomic mass is 9.98. The van der Waals surface area contributed by atoms with E-state index >= 15 is 0 Å². The van der Waals surface area contributed by atoms with E-state index in [0.29, 0.717) is 12.0 Å². The summed E-state index contributed by atoms with van der Waals surface area (Å²) in [6.45, 7) is 6.33. The highest BCUT2D eigenvalue weighted by Gasteiger charge is 2.24. The molecule has 0 spiro atoms. The zero-order valence-electron chi connectivity index (χ0n) is 17.5. The Bertz CT molecular complexity index is 579. The Morgan fingerprint density at radius 1 is 1.07 bits per heavy atom. The van der Waals surface area contributed by atoms with Crippen molar-refractivity contribution in [3.05, 3.63) is 30.3 Å². The molecule has 2 fully saturated rings. The van der Waals surface area contributed by atoms with E-state index in [4.69, 9.17) is 4.74 Å². The molecule has 2 aliphatic heterocycles. The van der Waals surface area contributed by atoms with Gasteiger partial charge in [0.05, 0.1) is 6.61 Å². The van der Waals surface area contributed by atoms with Gasteiger partial charge in [-0.15, -0.1) is 0 Å². The van der Waals surface area contributed by atoms with Gasteiger partial charge in [0.2, 0.25) is 0 Å². The molecule has 0 radical (unpaired) electrons. The summed E-state index contributed by atoms with van der Waals surface area (Å²) < 4.78 is 5.87. The summed E-state index contributed by atoms with van der Waals surface area (Å²) in [6.07, 6.45) is 4.47. The fraction of sp³-hybridized carbons (Fsp3) is 0.682. The van der Waals surface area contributed by atoms with Crippen LogP contribution in [0.2, 0.25) is 0 Å². The largest absolute Gasteiger partial charge is 0.493 e. The second-order valence-electron chi connectivity index (χ2n) is 8.32. The lowest BCUT2D eigenvalue weighted by molar-refractivity contribution is 0.136. The zero-order valence-corrected chi connectivity index (χ0v) is 17.5. The van der Waals surface area contributed by atoms with Crippen molar-refractivity contribution in [3.63, 3.8) is 0 Å². The van der Waals surface area contributed by atoms with Crippen molar-refractivity contribution in [2.24, 2.45) is 5.92 Å². The number of amides is 2. The fourth-order valence-corrected chi connectivity index (χ4v) is 4.13. The van der Waals surface area contributed by atoms with Crippen molar-refractivity contribution in [1.29, 1.82) is 0 Å². The van der Waals surface area contributed by atoms with Gasteiger partial charge >= 0.3 is 6.03 Å². The third-order valence-electron chi connectivity index (χ3n) is 6.12. The van der Waals surface area contributed by atoms with E-state index < -0.39 is 0 Å². The molecular weight excluding hydrogens is 352 g/mol. The van der Waals surface area contributed by atoms with Crippen molar-refractivity contribution in [1.82, 2.24) is 20.0 Å². The zero-order chi connectivity index (χ0) is 19.8. The Labute approximate surface area is 169 Å². The van der Waals surface area contributed by atoms with E-state index in [1.807, 2.05) is 35.2 Å². The van der Waals surface area contributed by atoms with E-state index in [0.717, 1.165) is 64.5 Å². The van der Waals surface area contributed by atoms with Gasteiger partial charge < -0.3 is 24.8 Å². The number of likely N-dealkylation sites (tertiary alicyclic amines) is 2. The molecule has 1 aromatic carbocycles. The number of rotatable bonds is 7. The van der Waals surface area contributed by atoms with Crippen LogP contribution in [0.15, 0.2) is 30.3 Å². The van der Waals surface area contributed by atoms with E-state index in [2.05, 4.69) is 29.2 Å². The van der Waals surface area contributed by atoms with Gasteiger partial charge in [-0.1, -0.05) is 18.2 Å². The van der Waals surface area contributed by atoms with E-state index in [9.17, 15) is 4.79 Å². The molecule has 0 atom stereocenters. The molecule has 2 aliphatic rings. The molecule has 1 N–H and O–H groups in total. The van der Waals surface area contributed by atoms with Crippen LogP contribution < -0.4 is 10.1 Å². The molecule has 28 heavy (non-hydrogen) atoms. The van der Waals surface area contributed by atoms with Crippen molar-refractivity contribution in [3.8, 4) is 5.75 Å². The van der Waals surface area contributed by atoms with E-state index in [1.165, 1.54) is 12.8 Å². The Morgan fingerprint density at radius 2 is 1.75 bits per heavy atom. The summed E-state index contributed by atoms with van der Waals surface area (Å²) in [4.78, 5) is 19.2. The summed E-state index contributed by atoms with van der Waals surface area (Å²) in [7, 11) is 4.33. The van der Waals surface area contributed by atoms with Crippen LogP contribution in [0.3, 0.4) is 0 Å². The number of piperidine rings is 2. The van der Waals surface area contributed by atoms with Crippen LogP contribution in [0, 0.1) is 5.92 Å². The summed E-state index contributed by atoms with van der Waals surface area (Å²) in [5.74, 6) is 1.46. The average molecular weight is 389 g/mol. The molecule has 2 amide bonds. The number of nitrogens with zero attached hydrogens (tertiary/aromatic N) is 3. The fourth-order valence-electron chi connectivity index (χ4n) is 4.13. The number of carbonyl (C=O) groups is 1. The Hall–Kier alpha value is -1.79. The highest BCUT2D eigenvalue weighted by molar-refractivity contribution is 5.74. The first-order valence-corrected chi connectivity index (χ1v) is 10.7. The van der Waals surface area contributed by atoms with Crippen molar-refractivity contribution < 1.29 is 9.53 Å². The molecular formula is C22H36N4O2. The van der Waals surface area contributed by atoms with Crippen LogP contribution >= 0.6 is 0 Å². The molecule has 2 heterocycles. The van der Waals surface area contributed by atoms with Gasteiger partial charge in [0, 0.05) is 32.2 Å². The topological polar surface area (TPSA) is 48.0 Å². The maximum atomic E-state index is 12.4. The third kappa shape index (κ3) is 6.38. The molecule has 0 unspecified atom stereocenters. The summed E-state index contributed by atoms with van der Waals surface area (Å²) in [6, 6.07) is 10.8. The van der Waals surface area contributed by atoms with Gasteiger partial charge in [0.15, 0.2) is 0 Å². The molecule has 156 valence electrons. The second-order valence-corrected chi connectivity index (χ2v) is 8.32. The third-order valence-corrected chi connectivity index (χ3v) is 6.12. The average Bonchev–Trinajstić information content (AvgIpc) is 2.73. The lowest BCUT2D eigenvalue weighted by Gasteiger charge is -2.35. The molecule has 6 nitrogen and oxygen atoms in total. The van der Waals surface area contributed by atoms with Crippen molar-refractivity contribution >= 4 is 6.03 Å². The van der Waals surface area contributed by atoms with Crippen LogP contribution in [0.4, 0.5) is 4.79 Å². The highest BCUT2D eigenvalue weighted by Crippen LogP contribution is 2.19. The SMILES string of the molecule is CN(C)C1CCN(CCNC(=O)N2CCC(COc3ccccc3)CC2)CC1. The van der Waals surface area contributed by atoms with Crippen molar-refractivity contribution in [2.75, 3.05) is 60.0 Å². The number of ether oxygens (including phenoxy) is 1. The highest BCUT2D eigenvalue weighted by atomic mass is 16.5. The molecule has 0 bridgehead atoms. The number of para-hydroxylation sites is 1. The summed E-state index contributed by atoms with van der Waals surface area (Å²) in [5.41, 5.74) is 0. The lowest BCUT2D eigenvalue weighted by Crippen LogP contribution is -2.48. The van der Waals surface area contributed by atoms with Gasteiger partial charge in [-0.05, 0) is 70.9 Å². The maximum Gasteiger partial charge on any atom is 0.317 e. The molecule has 0 aliphatic carbocycles. The standard InChI is InChI=1S/C22H36N4O2/c1-24(2)20-10-13-25(14-11-20)17-12-23-22(27)26-15-8-19(9-16-26)18-28-21-6-4-3-5-7-21/h3-7,19-20H,8-18H2,1-2H3,(H,23,27). The first-order valence-electron chi connectivity index (χ1n) is 10.7.